The van der Waals surface area contributed by atoms with Gasteiger partial charge in [0, 0.05) is 18.3 Å². The Kier molecular flexibility index (Phi) is 4.47. The molecule has 1 aromatic rings. The Hall–Kier alpha value is -1.41. The van der Waals surface area contributed by atoms with Gasteiger partial charge in [0.1, 0.15) is 4.90 Å². The fourth-order valence-corrected chi connectivity index (χ4v) is 3.33. The SMILES string of the molecule is CC(=O)ON(C(C)=O)S(=O)(=O)c1ccccc1Br. The van der Waals surface area contributed by atoms with Gasteiger partial charge in [-0.1, -0.05) is 16.6 Å². The molecule has 0 fully saturated rings. The topological polar surface area (TPSA) is 80.8 Å². The fraction of sp³-hybridized carbons (Fsp3) is 0.200. The van der Waals surface area contributed by atoms with Gasteiger partial charge in [-0.25, -0.2) is 4.79 Å². The summed E-state index contributed by atoms with van der Waals surface area (Å²) in [7, 11) is -4.23. The number of benzene rings is 1. The minimum absolute atomic E-state index is 0.0649. The van der Waals surface area contributed by atoms with Crippen molar-refractivity contribution < 1.29 is 22.8 Å². The van der Waals surface area contributed by atoms with Crippen molar-refractivity contribution in [2.24, 2.45) is 0 Å². The molecular weight excluding hydrogens is 326 g/mol. The van der Waals surface area contributed by atoms with Crippen molar-refractivity contribution >= 4 is 37.8 Å². The van der Waals surface area contributed by atoms with Crippen LogP contribution in [-0.2, 0) is 24.4 Å². The maximum Gasteiger partial charge on any atom is 0.330 e. The Balaban J connectivity index is 3.31. The van der Waals surface area contributed by atoms with Crippen molar-refractivity contribution in [3.8, 4) is 0 Å². The minimum Gasteiger partial charge on any atom is -0.323 e. The van der Waals surface area contributed by atoms with Gasteiger partial charge in [0.15, 0.2) is 0 Å². The van der Waals surface area contributed by atoms with Crippen molar-refractivity contribution in [1.29, 1.82) is 0 Å². The van der Waals surface area contributed by atoms with Gasteiger partial charge in [0.05, 0.1) is 0 Å². The maximum atomic E-state index is 12.1. The zero-order valence-corrected chi connectivity index (χ0v) is 12.0. The highest BCUT2D eigenvalue weighted by Crippen LogP contribution is 2.25. The zero-order valence-electron chi connectivity index (χ0n) is 9.58. The van der Waals surface area contributed by atoms with E-state index in [0.717, 1.165) is 13.8 Å². The molecule has 0 saturated heterocycles. The number of carbonyl (C=O) groups excluding carboxylic acids is 2. The summed E-state index contributed by atoms with van der Waals surface area (Å²) in [6, 6.07) is 5.90. The van der Waals surface area contributed by atoms with E-state index in [-0.39, 0.29) is 13.8 Å². The summed E-state index contributed by atoms with van der Waals surface area (Å²) in [6.07, 6.45) is 0. The molecule has 0 radical (unpaired) electrons. The molecule has 0 unspecified atom stereocenters. The molecule has 0 aliphatic heterocycles. The number of halogens is 1. The van der Waals surface area contributed by atoms with Gasteiger partial charge in [0.25, 0.3) is 15.9 Å². The van der Waals surface area contributed by atoms with Crippen molar-refractivity contribution in [3.63, 3.8) is 0 Å². The summed E-state index contributed by atoms with van der Waals surface area (Å²) in [5.74, 6) is -1.82. The monoisotopic (exact) mass is 335 g/mol. The molecule has 0 aromatic heterocycles. The smallest absolute Gasteiger partial charge is 0.323 e. The van der Waals surface area contributed by atoms with Gasteiger partial charge in [-0.2, -0.15) is 8.42 Å². The van der Waals surface area contributed by atoms with Crippen molar-refractivity contribution in [3.05, 3.63) is 28.7 Å². The lowest BCUT2D eigenvalue weighted by atomic mass is 10.4. The van der Waals surface area contributed by atoms with Crippen LogP contribution in [0.5, 0.6) is 0 Å². The van der Waals surface area contributed by atoms with E-state index in [4.69, 9.17) is 0 Å². The highest BCUT2D eigenvalue weighted by atomic mass is 79.9. The molecule has 18 heavy (non-hydrogen) atoms. The average Bonchev–Trinajstić information content (AvgIpc) is 2.25. The number of amides is 1. The first-order chi connectivity index (χ1) is 8.26. The predicted octanol–water partition coefficient (Wildman–Crippen LogP) is 1.46. The van der Waals surface area contributed by atoms with Crippen LogP contribution in [-0.4, -0.2) is 24.8 Å². The van der Waals surface area contributed by atoms with E-state index in [1.807, 2.05) is 0 Å². The van der Waals surface area contributed by atoms with Crippen molar-refractivity contribution in [1.82, 2.24) is 4.47 Å². The molecule has 0 N–H and O–H groups in total. The molecule has 0 heterocycles. The molecule has 0 aliphatic rings. The molecule has 0 atom stereocenters. The van der Waals surface area contributed by atoms with E-state index in [1.54, 1.807) is 6.07 Å². The predicted molar refractivity (Wildman–Crippen MR) is 65.6 cm³/mol. The third-order valence-corrected chi connectivity index (χ3v) is 4.44. The van der Waals surface area contributed by atoms with Gasteiger partial charge < -0.3 is 4.84 Å². The van der Waals surface area contributed by atoms with E-state index in [2.05, 4.69) is 20.8 Å². The van der Waals surface area contributed by atoms with Crippen LogP contribution in [0.3, 0.4) is 0 Å². The summed E-state index contributed by atoms with van der Waals surface area (Å²) in [6.45, 7) is 1.99. The minimum atomic E-state index is -4.23. The third kappa shape index (κ3) is 3.08. The summed E-state index contributed by atoms with van der Waals surface area (Å²) >= 11 is 3.06. The number of hydroxylamine groups is 1. The standard InChI is InChI=1S/C10H10BrNO5S/c1-7(13)12(17-8(2)14)18(15,16)10-6-4-3-5-9(10)11/h3-6H,1-2H3. The van der Waals surface area contributed by atoms with E-state index in [0.29, 0.717) is 0 Å². The van der Waals surface area contributed by atoms with Gasteiger partial charge in [-0.05, 0) is 28.1 Å². The van der Waals surface area contributed by atoms with Crippen LogP contribution in [0.25, 0.3) is 0 Å². The highest BCUT2D eigenvalue weighted by molar-refractivity contribution is 9.10. The second kappa shape index (κ2) is 5.49. The van der Waals surface area contributed by atoms with Gasteiger partial charge in [-0.3, -0.25) is 4.79 Å². The number of nitrogens with zero attached hydrogens (tertiary/aromatic N) is 1. The van der Waals surface area contributed by atoms with Crippen LogP contribution in [0.15, 0.2) is 33.6 Å². The number of carbonyl (C=O) groups is 2. The first-order valence-electron chi connectivity index (χ1n) is 4.75. The number of rotatable bonds is 2. The van der Waals surface area contributed by atoms with Crippen LogP contribution in [0, 0.1) is 0 Å². The Morgan fingerprint density at radius 1 is 1.22 bits per heavy atom. The number of hydrogen-bond donors (Lipinski definition) is 0. The summed E-state index contributed by atoms with van der Waals surface area (Å²) in [5, 5.41) is 0. The molecule has 98 valence electrons. The van der Waals surface area contributed by atoms with Crippen LogP contribution in [0.1, 0.15) is 13.8 Å². The number of hydrogen-bond acceptors (Lipinski definition) is 5. The largest absolute Gasteiger partial charge is 0.330 e. The van der Waals surface area contributed by atoms with Gasteiger partial charge in [-0.15, -0.1) is 0 Å². The van der Waals surface area contributed by atoms with Gasteiger partial charge >= 0.3 is 5.97 Å². The maximum absolute atomic E-state index is 12.1. The Morgan fingerprint density at radius 3 is 2.22 bits per heavy atom. The Labute approximate surface area is 113 Å². The molecule has 0 bridgehead atoms. The molecule has 8 heteroatoms. The molecule has 1 aromatic carbocycles. The third-order valence-electron chi connectivity index (χ3n) is 1.80. The van der Waals surface area contributed by atoms with E-state index >= 15 is 0 Å². The molecule has 0 spiro atoms. The van der Waals surface area contributed by atoms with Crippen molar-refractivity contribution in [2.75, 3.05) is 0 Å². The van der Waals surface area contributed by atoms with Crippen LogP contribution in [0.2, 0.25) is 0 Å². The molecule has 1 amide bonds. The lowest BCUT2D eigenvalue weighted by molar-refractivity contribution is -0.175. The van der Waals surface area contributed by atoms with Gasteiger partial charge in [0.2, 0.25) is 0 Å². The molecule has 0 aliphatic carbocycles. The Morgan fingerprint density at radius 2 is 1.78 bits per heavy atom. The lowest BCUT2D eigenvalue weighted by Gasteiger charge is -2.18. The van der Waals surface area contributed by atoms with E-state index in [1.165, 1.54) is 18.2 Å². The first-order valence-corrected chi connectivity index (χ1v) is 6.99. The average molecular weight is 336 g/mol. The van der Waals surface area contributed by atoms with Crippen LogP contribution >= 0.6 is 15.9 Å². The summed E-state index contributed by atoms with van der Waals surface area (Å²) in [4.78, 5) is 26.4. The fourth-order valence-electron chi connectivity index (χ4n) is 1.14. The van der Waals surface area contributed by atoms with Crippen LogP contribution in [0.4, 0.5) is 0 Å². The van der Waals surface area contributed by atoms with E-state index < -0.39 is 21.9 Å². The van der Waals surface area contributed by atoms with Crippen LogP contribution < -0.4 is 0 Å². The van der Waals surface area contributed by atoms with Crippen molar-refractivity contribution in [2.45, 2.75) is 18.7 Å². The highest BCUT2D eigenvalue weighted by Gasteiger charge is 2.31. The number of sulfonamides is 1. The quantitative estimate of drug-likeness (QED) is 0.764. The zero-order chi connectivity index (χ0) is 13.9. The molecule has 0 saturated carbocycles. The Bertz CT molecular complexity index is 584. The molecule has 1 rings (SSSR count). The second-order valence-corrected chi connectivity index (χ2v) is 5.84. The summed E-state index contributed by atoms with van der Waals surface area (Å²) in [5.41, 5.74) is 0. The first kappa shape index (κ1) is 14.7. The molecule has 6 nitrogen and oxygen atoms in total. The molecular formula is C10H10BrNO5S. The van der Waals surface area contributed by atoms with E-state index in [9.17, 15) is 18.0 Å². The normalized spacial score (nSPS) is 10.8. The lowest BCUT2D eigenvalue weighted by Crippen LogP contribution is -2.36. The second-order valence-electron chi connectivity index (χ2n) is 3.26. The summed E-state index contributed by atoms with van der Waals surface area (Å²) < 4.78 is 24.6.